The zero-order valence-electron chi connectivity index (χ0n) is 10.3. The molecule has 0 bridgehead atoms. The molecule has 0 aromatic carbocycles. The fourth-order valence-corrected chi connectivity index (χ4v) is 0. The van der Waals surface area contributed by atoms with Crippen LogP contribution in [0.1, 0.15) is 27.7 Å². The van der Waals surface area contributed by atoms with Gasteiger partial charge < -0.3 is 39.6 Å². The molecular formula is C8H12CaFeO8. The summed E-state index contributed by atoms with van der Waals surface area (Å²) in [5, 5.41) is 35.6. The van der Waals surface area contributed by atoms with Crippen LogP contribution >= 0.6 is 0 Å². The molecule has 8 nitrogen and oxygen atoms in total. The molecule has 10 heteroatoms. The molecule has 0 aromatic heterocycles. The second kappa shape index (κ2) is 30.1. The number of rotatable bonds is 0. The largest absolute Gasteiger partial charge is 2.00 e. The van der Waals surface area contributed by atoms with E-state index in [4.69, 9.17) is 39.6 Å². The average molecular weight is 332 g/mol. The second-order valence-corrected chi connectivity index (χ2v) is 1.97. The molecule has 0 spiro atoms. The van der Waals surface area contributed by atoms with Gasteiger partial charge in [0, 0.05) is 23.9 Å². The van der Waals surface area contributed by atoms with Gasteiger partial charge in [-0.1, -0.05) is 0 Å². The van der Waals surface area contributed by atoms with E-state index in [1.54, 1.807) is 0 Å². The summed E-state index contributed by atoms with van der Waals surface area (Å²) in [4.78, 5) is 35.6. The van der Waals surface area contributed by atoms with Crippen molar-refractivity contribution >= 4 is 61.6 Å². The number of carboxylic acid groups (broad SMARTS) is 4. The van der Waals surface area contributed by atoms with E-state index in [-0.39, 0.29) is 54.8 Å². The van der Waals surface area contributed by atoms with Gasteiger partial charge in [0.25, 0.3) is 0 Å². The van der Waals surface area contributed by atoms with Gasteiger partial charge in [0.15, 0.2) is 0 Å². The van der Waals surface area contributed by atoms with Crippen LogP contribution in [0.25, 0.3) is 0 Å². The third kappa shape index (κ3) is 29000. The molecule has 0 saturated heterocycles. The molecular weight excluding hydrogens is 320 g/mol. The maximum atomic E-state index is 8.89. The van der Waals surface area contributed by atoms with Crippen LogP contribution in [0.2, 0.25) is 0 Å². The molecule has 0 heterocycles. The van der Waals surface area contributed by atoms with Crippen molar-refractivity contribution in [2.24, 2.45) is 0 Å². The smallest absolute Gasteiger partial charge is 0.550 e. The predicted octanol–water partition coefficient (Wildman–Crippen LogP) is -5.36. The van der Waals surface area contributed by atoms with Crippen molar-refractivity contribution in [2.75, 3.05) is 0 Å². The van der Waals surface area contributed by atoms with Gasteiger partial charge >= 0.3 is 54.8 Å². The molecule has 0 aliphatic rings. The van der Waals surface area contributed by atoms with Gasteiger partial charge in [-0.25, -0.2) is 0 Å². The van der Waals surface area contributed by atoms with Crippen LogP contribution in [0.5, 0.6) is 0 Å². The molecule has 0 saturated carbocycles. The Morgan fingerprint density at radius 2 is 0.556 bits per heavy atom. The summed E-state index contributed by atoms with van der Waals surface area (Å²) in [7, 11) is 0. The zero-order chi connectivity index (χ0) is 14.3. The summed E-state index contributed by atoms with van der Waals surface area (Å²) < 4.78 is 0. The third-order valence-electron chi connectivity index (χ3n) is 0. The van der Waals surface area contributed by atoms with E-state index in [0.717, 1.165) is 27.7 Å². The van der Waals surface area contributed by atoms with Crippen molar-refractivity contribution in [1.29, 1.82) is 0 Å². The first-order valence-electron chi connectivity index (χ1n) is 3.63. The minimum absolute atomic E-state index is 0. The van der Waals surface area contributed by atoms with Crippen LogP contribution in [-0.2, 0) is 36.2 Å². The standard InChI is InChI=1S/4C2H4O2.Ca.Fe/c4*1-2(3)4;;/h4*1H3,(H,3,4);;/q;;;;2*+2/p-4. The maximum Gasteiger partial charge on any atom is 2.00 e. The Kier molecular flexibility index (Phi) is 60.2. The fourth-order valence-electron chi connectivity index (χ4n) is 0. The van der Waals surface area contributed by atoms with Gasteiger partial charge in [0.2, 0.25) is 0 Å². The quantitative estimate of drug-likeness (QED) is 0.397. The molecule has 0 atom stereocenters. The molecule has 0 amide bonds. The minimum Gasteiger partial charge on any atom is -0.550 e. The first kappa shape index (κ1) is 36.1. The molecule has 0 aliphatic carbocycles. The number of hydrogen-bond donors (Lipinski definition) is 0. The molecule has 18 heavy (non-hydrogen) atoms. The van der Waals surface area contributed by atoms with Gasteiger partial charge in [-0.2, -0.15) is 0 Å². The van der Waals surface area contributed by atoms with E-state index >= 15 is 0 Å². The number of hydrogen-bond acceptors (Lipinski definition) is 8. The predicted molar refractivity (Wildman–Crippen MR) is 48.5 cm³/mol. The Hall–Kier alpha value is -0.341. The molecule has 0 radical (unpaired) electrons. The monoisotopic (exact) mass is 332 g/mol. The molecule has 0 N–H and O–H groups in total. The molecule has 0 fully saturated rings. The molecule has 0 unspecified atom stereocenters. The third-order valence-corrected chi connectivity index (χ3v) is 0. The average Bonchev–Trinajstić information content (AvgIpc) is 1.76. The van der Waals surface area contributed by atoms with Crippen molar-refractivity contribution in [2.45, 2.75) is 27.7 Å². The van der Waals surface area contributed by atoms with Crippen LogP contribution in [0.15, 0.2) is 0 Å². The van der Waals surface area contributed by atoms with E-state index in [1.807, 2.05) is 0 Å². The summed E-state index contributed by atoms with van der Waals surface area (Å²) in [5.41, 5.74) is 0. The Labute approximate surface area is 145 Å². The van der Waals surface area contributed by atoms with E-state index < -0.39 is 23.9 Å². The van der Waals surface area contributed by atoms with Gasteiger partial charge in [0.05, 0.1) is 0 Å². The molecule has 102 valence electrons. The topological polar surface area (TPSA) is 161 Å². The summed E-state index contributed by atoms with van der Waals surface area (Å²) in [6, 6.07) is 0. The summed E-state index contributed by atoms with van der Waals surface area (Å²) >= 11 is 0. The summed E-state index contributed by atoms with van der Waals surface area (Å²) in [5.74, 6) is -4.33. The normalized spacial score (nSPS) is 5.56. The first-order valence-corrected chi connectivity index (χ1v) is 3.63. The number of carboxylic acids is 4. The molecule has 0 rings (SSSR count). The van der Waals surface area contributed by atoms with E-state index in [2.05, 4.69) is 0 Å². The Morgan fingerprint density at radius 1 is 0.556 bits per heavy atom. The fraction of sp³-hybridized carbons (Fsp3) is 0.500. The van der Waals surface area contributed by atoms with Gasteiger partial charge in [-0.05, 0) is 27.7 Å². The van der Waals surface area contributed by atoms with Crippen LogP contribution in [-0.4, -0.2) is 61.6 Å². The number of carbonyl (C=O) groups excluding carboxylic acids is 4. The van der Waals surface area contributed by atoms with Crippen LogP contribution < -0.4 is 20.4 Å². The number of aliphatic carboxylic acids is 4. The first-order chi connectivity index (χ1) is 6.93. The Morgan fingerprint density at radius 3 is 0.556 bits per heavy atom. The van der Waals surface area contributed by atoms with Crippen molar-refractivity contribution < 1.29 is 56.7 Å². The van der Waals surface area contributed by atoms with E-state index in [1.165, 1.54) is 0 Å². The van der Waals surface area contributed by atoms with Crippen LogP contribution in [0.3, 0.4) is 0 Å². The zero-order valence-corrected chi connectivity index (χ0v) is 13.6. The van der Waals surface area contributed by atoms with Crippen molar-refractivity contribution in [1.82, 2.24) is 0 Å². The summed E-state index contributed by atoms with van der Waals surface area (Å²) in [6.07, 6.45) is 0. The van der Waals surface area contributed by atoms with E-state index in [9.17, 15) is 0 Å². The summed E-state index contributed by atoms with van der Waals surface area (Å²) in [6.45, 7) is 3.89. The van der Waals surface area contributed by atoms with Gasteiger partial charge in [-0.3, -0.25) is 0 Å². The minimum atomic E-state index is -1.08. The van der Waals surface area contributed by atoms with Crippen molar-refractivity contribution in [3.8, 4) is 0 Å². The van der Waals surface area contributed by atoms with Gasteiger partial charge in [0.1, 0.15) is 0 Å². The SMILES string of the molecule is CC(=O)[O-].CC(=O)[O-].CC(=O)[O-].CC(=O)[O-].[Ca+2].[Fe+2]. The van der Waals surface area contributed by atoms with E-state index in [0.29, 0.717) is 0 Å². The van der Waals surface area contributed by atoms with Crippen LogP contribution in [0, 0.1) is 0 Å². The Bertz CT molecular complexity index is 167. The maximum absolute atomic E-state index is 8.89. The van der Waals surface area contributed by atoms with Gasteiger partial charge in [-0.15, -0.1) is 0 Å². The van der Waals surface area contributed by atoms with Crippen molar-refractivity contribution in [3.63, 3.8) is 0 Å². The molecule has 0 aromatic rings. The van der Waals surface area contributed by atoms with Crippen molar-refractivity contribution in [3.05, 3.63) is 0 Å². The van der Waals surface area contributed by atoms with Crippen LogP contribution in [0.4, 0.5) is 0 Å². The Balaban J connectivity index is -0.0000000257. The number of carbonyl (C=O) groups is 4. The molecule has 0 aliphatic heterocycles. The second-order valence-electron chi connectivity index (χ2n) is 1.97.